The highest BCUT2D eigenvalue weighted by Crippen LogP contribution is 2.37. The zero-order valence-electron chi connectivity index (χ0n) is 8.55. The van der Waals surface area contributed by atoms with E-state index in [1.165, 1.54) is 18.3 Å². The number of aromatic nitrogens is 1. The summed E-state index contributed by atoms with van der Waals surface area (Å²) >= 11 is 6.34. The van der Waals surface area contributed by atoms with Crippen LogP contribution in [0.4, 0.5) is 5.69 Å². The minimum absolute atomic E-state index is 0.176. The predicted octanol–water partition coefficient (Wildman–Crippen LogP) is 3.37. The number of halogens is 2. The number of benzene rings is 1. The third-order valence-electron chi connectivity index (χ3n) is 2.31. The molecule has 0 aliphatic rings. The van der Waals surface area contributed by atoms with Gasteiger partial charge in [-0.3, -0.25) is 10.1 Å². The van der Waals surface area contributed by atoms with Gasteiger partial charge >= 0.3 is 5.97 Å². The Hall–Kier alpha value is -1.54. The average Bonchev–Trinajstić information content (AvgIpc) is 2.29. The lowest BCUT2D eigenvalue weighted by atomic mass is 10.1. The van der Waals surface area contributed by atoms with Gasteiger partial charge in [-0.2, -0.15) is 0 Å². The monoisotopic (exact) mass is 374 g/mol. The first-order valence-corrected chi connectivity index (χ1v) is 6.16. The van der Waals surface area contributed by atoms with E-state index in [0.29, 0.717) is 8.95 Å². The molecule has 6 nitrogen and oxygen atoms in total. The third-order valence-corrected chi connectivity index (χ3v) is 3.58. The quantitative estimate of drug-likeness (QED) is 0.641. The molecule has 0 bridgehead atoms. The second kappa shape index (κ2) is 4.62. The molecular weight excluding hydrogens is 372 g/mol. The van der Waals surface area contributed by atoms with E-state index in [-0.39, 0.29) is 22.2 Å². The summed E-state index contributed by atoms with van der Waals surface area (Å²) in [6, 6.07) is 2.74. The number of aromatic carboxylic acids is 1. The lowest BCUT2D eigenvalue weighted by Crippen LogP contribution is -2.03. The van der Waals surface area contributed by atoms with E-state index in [9.17, 15) is 14.9 Å². The van der Waals surface area contributed by atoms with Crippen LogP contribution in [0, 0.1) is 10.1 Å². The number of hydrogen-bond acceptors (Lipinski definition) is 4. The van der Waals surface area contributed by atoms with Gasteiger partial charge in [0.05, 0.1) is 14.8 Å². The highest BCUT2D eigenvalue weighted by molar-refractivity contribution is 9.11. The van der Waals surface area contributed by atoms with Crippen LogP contribution in [-0.4, -0.2) is 21.0 Å². The molecule has 0 fully saturated rings. The van der Waals surface area contributed by atoms with E-state index in [1.807, 2.05) is 0 Å². The highest BCUT2D eigenvalue weighted by Gasteiger charge is 2.22. The molecule has 92 valence electrons. The minimum atomic E-state index is -1.24. The molecule has 0 saturated heterocycles. The molecule has 0 aliphatic heterocycles. The van der Waals surface area contributed by atoms with Crippen molar-refractivity contribution < 1.29 is 14.8 Å². The molecule has 0 aliphatic carbocycles. The highest BCUT2D eigenvalue weighted by atomic mass is 79.9. The zero-order chi connectivity index (χ0) is 13.4. The number of nitro groups is 1. The van der Waals surface area contributed by atoms with Crippen molar-refractivity contribution in [2.24, 2.45) is 0 Å². The lowest BCUT2D eigenvalue weighted by molar-refractivity contribution is -0.383. The van der Waals surface area contributed by atoms with E-state index in [2.05, 4.69) is 36.8 Å². The van der Waals surface area contributed by atoms with Crippen LogP contribution in [-0.2, 0) is 0 Å². The van der Waals surface area contributed by atoms with Gasteiger partial charge in [-0.15, -0.1) is 0 Å². The van der Waals surface area contributed by atoms with Gasteiger partial charge in [0.1, 0.15) is 0 Å². The molecule has 0 spiro atoms. The normalized spacial score (nSPS) is 10.6. The maximum Gasteiger partial charge on any atom is 0.355 e. The molecule has 2 aromatic rings. The van der Waals surface area contributed by atoms with Gasteiger partial charge in [0, 0.05) is 22.1 Å². The summed E-state index contributed by atoms with van der Waals surface area (Å²) in [4.78, 5) is 25.3. The number of pyridine rings is 1. The molecule has 0 atom stereocenters. The summed E-state index contributed by atoms with van der Waals surface area (Å²) in [6.45, 7) is 0. The molecule has 0 saturated carbocycles. The molecular formula is C10H4Br2N2O4. The number of carboxylic acid groups (broad SMARTS) is 1. The number of non-ortho nitro benzene ring substituents is 1. The molecule has 1 heterocycles. The van der Waals surface area contributed by atoms with Gasteiger partial charge in [-0.25, -0.2) is 9.78 Å². The van der Waals surface area contributed by atoms with Crippen molar-refractivity contribution >= 4 is 54.3 Å². The first-order chi connectivity index (χ1) is 8.43. The molecule has 0 amide bonds. The first kappa shape index (κ1) is 12.9. The molecule has 1 aromatic carbocycles. The van der Waals surface area contributed by atoms with Crippen LogP contribution in [0.1, 0.15) is 10.5 Å². The predicted molar refractivity (Wildman–Crippen MR) is 70.8 cm³/mol. The summed E-state index contributed by atoms with van der Waals surface area (Å²) < 4.78 is 0.810. The van der Waals surface area contributed by atoms with Crippen molar-refractivity contribution in [3.8, 4) is 0 Å². The van der Waals surface area contributed by atoms with Crippen LogP contribution in [0.2, 0.25) is 0 Å². The average molecular weight is 376 g/mol. The fourth-order valence-electron chi connectivity index (χ4n) is 1.60. The van der Waals surface area contributed by atoms with Gasteiger partial charge in [-0.1, -0.05) is 15.9 Å². The van der Waals surface area contributed by atoms with E-state index in [0.717, 1.165) is 0 Å². The van der Waals surface area contributed by atoms with Gasteiger partial charge in [0.2, 0.25) is 0 Å². The Labute approximate surface area is 117 Å². The van der Waals surface area contributed by atoms with Gasteiger partial charge in [-0.05, 0) is 22.0 Å². The van der Waals surface area contributed by atoms with Crippen molar-refractivity contribution in [1.29, 1.82) is 0 Å². The van der Waals surface area contributed by atoms with E-state index >= 15 is 0 Å². The van der Waals surface area contributed by atoms with E-state index < -0.39 is 10.9 Å². The Morgan fingerprint density at radius 3 is 2.50 bits per heavy atom. The maximum absolute atomic E-state index is 11.1. The van der Waals surface area contributed by atoms with Crippen molar-refractivity contribution in [3.05, 3.63) is 43.1 Å². The van der Waals surface area contributed by atoms with Crippen molar-refractivity contribution in [2.45, 2.75) is 0 Å². The number of carbonyl (C=O) groups is 1. The molecule has 1 N–H and O–H groups in total. The fourth-order valence-corrected chi connectivity index (χ4v) is 2.63. The van der Waals surface area contributed by atoms with E-state index in [4.69, 9.17) is 5.11 Å². The van der Waals surface area contributed by atoms with Crippen LogP contribution >= 0.6 is 31.9 Å². The van der Waals surface area contributed by atoms with Gasteiger partial charge in [0.15, 0.2) is 5.69 Å². The minimum Gasteiger partial charge on any atom is -0.476 e. The molecule has 1 aromatic heterocycles. The second-order valence-corrected chi connectivity index (χ2v) is 5.04. The van der Waals surface area contributed by atoms with Crippen LogP contribution in [0.25, 0.3) is 10.8 Å². The lowest BCUT2D eigenvalue weighted by Gasteiger charge is -2.06. The molecule has 18 heavy (non-hydrogen) atoms. The zero-order valence-corrected chi connectivity index (χ0v) is 11.7. The molecule has 0 radical (unpaired) electrons. The number of nitrogens with zero attached hydrogens (tertiary/aromatic N) is 2. The smallest absolute Gasteiger partial charge is 0.355 e. The standard InChI is InChI=1S/C10H4Br2N2O4/c11-4-1-2-6(14(17)18)7-5(12)3-13-9(8(4)7)10(15)16/h1-3H,(H,15,16). The molecule has 0 unspecified atom stereocenters. The molecule has 2 rings (SSSR count). The summed E-state index contributed by atoms with van der Waals surface area (Å²) in [6.07, 6.45) is 1.24. The topological polar surface area (TPSA) is 93.3 Å². The van der Waals surface area contributed by atoms with Gasteiger partial charge in [0.25, 0.3) is 5.69 Å². The number of rotatable bonds is 2. The summed E-state index contributed by atoms with van der Waals surface area (Å²) in [5.74, 6) is -1.24. The van der Waals surface area contributed by atoms with Gasteiger partial charge < -0.3 is 5.11 Å². The van der Waals surface area contributed by atoms with E-state index in [1.54, 1.807) is 0 Å². The first-order valence-electron chi connectivity index (χ1n) is 4.58. The Morgan fingerprint density at radius 2 is 1.94 bits per heavy atom. The number of hydrogen-bond donors (Lipinski definition) is 1. The Bertz CT molecular complexity index is 628. The van der Waals surface area contributed by atoms with Crippen molar-refractivity contribution in [2.75, 3.05) is 0 Å². The summed E-state index contributed by atoms with van der Waals surface area (Å²) in [5.41, 5.74) is -0.409. The Morgan fingerprint density at radius 1 is 1.28 bits per heavy atom. The third kappa shape index (κ3) is 1.97. The Kier molecular flexibility index (Phi) is 3.31. The summed E-state index contributed by atoms with van der Waals surface area (Å²) in [5, 5.41) is 20.4. The largest absolute Gasteiger partial charge is 0.476 e. The van der Waals surface area contributed by atoms with Crippen molar-refractivity contribution in [1.82, 2.24) is 4.98 Å². The fraction of sp³-hybridized carbons (Fsp3) is 0. The number of nitro benzene ring substituents is 1. The SMILES string of the molecule is O=C(O)c1ncc(Br)c2c([N+](=O)[O-])ccc(Br)c12. The van der Waals surface area contributed by atoms with Crippen LogP contribution in [0.3, 0.4) is 0 Å². The maximum atomic E-state index is 11.1. The van der Waals surface area contributed by atoms with Crippen molar-refractivity contribution in [3.63, 3.8) is 0 Å². The van der Waals surface area contributed by atoms with Crippen LogP contribution in [0.15, 0.2) is 27.3 Å². The molecule has 8 heteroatoms. The number of fused-ring (bicyclic) bond motifs is 1. The van der Waals surface area contributed by atoms with Crippen LogP contribution in [0.5, 0.6) is 0 Å². The van der Waals surface area contributed by atoms with Crippen LogP contribution < -0.4 is 0 Å². The Balaban J connectivity index is 3.04. The number of carboxylic acids is 1. The summed E-state index contributed by atoms with van der Waals surface area (Å²) in [7, 11) is 0. The second-order valence-electron chi connectivity index (χ2n) is 3.33.